The predicted octanol–water partition coefficient (Wildman–Crippen LogP) is 5.18. The van der Waals surface area contributed by atoms with E-state index in [-0.39, 0.29) is 6.04 Å². The molecule has 0 heterocycles. The largest absolute Gasteiger partial charge is 0.497 e. The van der Waals surface area contributed by atoms with Crippen LogP contribution >= 0.6 is 23.2 Å². The molecule has 2 aromatic rings. The molecule has 0 saturated heterocycles. The molecule has 0 spiro atoms. The highest BCUT2D eigenvalue weighted by Crippen LogP contribution is 2.33. The van der Waals surface area contributed by atoms with Gasteiger partial charge in [0.1, 0.15) is 11.5 Å². The minimum Gasteiger partial charge on any atom is -0.497 e. The molecular weight excluding hydrogens is 309 g/mol. The first-order valence-electron chi connectivity index (χ1n) is 6.48. The summed E-state index contributed by atoms with van der Waals surface area (Å²) in [6, 6.07) is 11.2. The third-order valence-electron chi connectivity index (χ3n) is 3.18. The van der Waals surface area contributed by atoms with Gasteiger partial charge in [-0.15, -0.1) is 0 Å². The minimum atomic E-state index is -0.00647. The zero-order chi connectivity index (χ0) is 15.4. The molecule has 112 valence electrons. The summed E-state index contributed by atoms with van der Waals surface area (Å²) in [7, 11) is 3.24. The smallest absolute Gasteiger partial charge is 0.124 e. The van der Waals surface area contributed by atoms with Gasteiger partial charge in [-0.05, 0) is 18.6 Å². The Morgan fingerprint density at radius 2 is 1.62 bits per heavy atom. The van der Waals surface area contributed by atoms with Gasteiger partial charge in [-0.1, -0.05) is 35.3 Å². The minimum absolute atomic E-state index is 0.00647. The van der Waals surface area contributed by atoms with Gasteiger partial charge in [0.15, 0.2) is 0 Å². The summed E-state index contributed by atoms with van der Waals surface area (Å²) in [4.78, 5) is 0. The van der Waals surface area contributed by atoms with E-state index in [0.29, 0.717) is 10.0 Å². The van der Waals surface area contributed by atoms with Crippen molar-refractivity contribution in [3.8, 4) is 11.5 Å². The quantitative estimate of drug-likeness (QED) is 0.821. The molecule has 2 aromatic carbocycles. The zero-order valence-electron chi connectivity index (χ0n) is 12.1. The van der Waals surface area contributed by atoms with Crippen LogP contribution in [0.5, 0.6) is 11.5 Å². The summed E-state index contributed by atoms with van der Waals surface area (Å²) in [5.74, 6) is 1.45. The van der Waals surface area contributed by atoms with Crippen molar-refractivity contribution in [1.82, 2.24) is 0 Å². The van der Waals surface area contributed by atoms with Gasteiger partial charge in [0.25, 0.3) is 0 Å². The van der Waals surface area contributed by atoms with Crippen LogP contribution in [-0.2, 0) is 0 Å². The molecule has 2 rings (SSSR count). The first-order valence-corrected chi connectivity index (χ1v) is 7.24. The van der Waals surface area contributed by atoms with E-state index in [0.717, 1.165) is 22.7 Å². The highest BCUT2D eigenvalue weighted by Gasteiger charge is 2.12. The topological polar surface area (TPSA) is 30.5 Å². The molecule has 0 aliphatic heterocycles. The van der Waals surface area contributed by atoms with Gasteiger partial charge in [-0.2, -0.15) is 0 Å². The van der Waals surface area contributed by atoms with Crippen LogP contribution in [0.2, 0.25) is 10.0 Å². The van der Waals surface area contributed by atoms with Crippen LogP contribution in [0.4, 0.5) is 5.69 Å². The van der Waals surface area contributed by atoms with Crippen LogP contribution < -0.4 is 14.8 Å². The fourth-order valence-corrected chi connectivity index (χ4v) is 2.54. The molecule has 21 heavy (non-hydrogen) atoms. The molecule has 0 aromatic heterocycles. The van der Waals surface area contributed by atoms with Gasteiger partial charge in [0.2, 0.25) is 0 Å². The molecule has 0 fully saturated rings. The summed E-state index contributed by atoms with van der Waals surface area (Å²) in [6.45, 7) is 2.02. The van der Waals surface area contributed by atoms with E-state index < -0.39 is 0 Å². The lowest BCUT2D eigenvalue weighted by Gasteiger charge is -2.18. The standard InChI is InChI=1S/C16H17Cl2NO2/c1-10(14-5-4-6-15(17)16(14)18)19-11-7-12(20-2)9-13(8-11)21-3/h4-10,19H,1-3H3. The maximum atomic E-state index is 6.25. The SMILES string of the molecule is COc1cc(NC(C)c2cccc(Cl)c2Cl)cc(OC)c1. The molecule has 1 atom stereocenters. The average molecular weight is 326 g/mol. The Morgan fingerprint density at radius 1 is 1.00 bits per heavy atom. The lowest BCUT2D eigenvalue weighted by atomic mass is 10.1. The van der Waals surface area contributed by atoms with Gasteiger partial charge in [-0.3, -0.25) is 0 Å². The Hall–Kier alpha value is -1.58. The fourth-order valence-electron chi connectivity index (χ4n) is 2.07. The fraction of sp³-hybridized carbons (Fsp3) is 0.250. The third kappa shape index (κ3) is 3.74. The summed E-state index contributed by atoms with van der Waals surface area (Å²) in [5, 5.41) is 4.48. The van der Waals surface area contributed by atoms with Crippen molar-refractivity contribution in [3.63, 3.8) is 0 Å². The molecule has 0 radical (unpaired) electrons. The van der Waals surface area contributed by atoms with Crippen LogP contribution in [0.25, 0.3) is 0 Å². The molecule has 0 amide bonds. The van der Waals surface area contributed by atoms with Crippen LogP contribution in [0.1, 0.15) is 18.5 Å². The maximum absolute atomic E-state index is 6.25. The number of hydrogen-bond donors (Lipinski definition) is 1. The Labute approximate surface area is 134 Å². The summed E-state index contributed by atoms with van der Waals surface area (Å²) < 4.78 is 10.5. The Bertz CT molecular complexity index is 609. The molecule has 5 heteroatoms. The van der Waals surface area contributed by atoms with Gasteiger partial charge >= 0.3 is 0 Å². The second-order valence-corrected chi connectivity index (χ2v) is 5.40. The van der Waals surface area contributed by atoms with E-state index >= 15 is 0 Å². The number of hydrogen-bond acceptors (Lipinski definition) is 3. The normalized spacial score (nSPS) is 11.9. The van der Waals surface area contributed by atoms with Crippen LogP contribution in [0.3, 0.4) is 0 Å². The van der Waals surface area contributed by atoms with Gasteiger partial charge in [-0.25, -0.2) is 0 Å². The van der Waals surface area contributed by atoms with Gasteiger partial charge in [0.05, 0.1) is 30.3 Å². The number of halogens is 2. The highest BCUT2D eigenvalue weighted by atomic mass is 35.5. The van der Waals surface area contributed by atoms with E-state index in [4.69, 9.17) is 32.7 Å². The Morgan fingerprint density at radius 3 is 2.19 bits per heavy atom. The first-order chi connectivity index (χ1) is 10.0. The third-order valence-corrected chi connectivity index (χ3v) is 4.02. The number of rotatable bonds is 5. The first kappa shape index (κ1) is 15.8. The van der Waals surface area contributed by atoms with E-state index in [1.165, 1.54) is 0 Å². The highest BCUT2D eigenvalue weighted by molar-refractivity contribution is 6.42. The number of ether oxygens (including phenoxy) is 2. The second-order valence-electron chi connectivity index (χ2n) is 4.61. The van der Waals surface area contributed by atoms with Crippen molar-refractivity contribution >= 4 is 28.9 Å². The zero-order valence-corrected chi connectivity index (χ0v) is 13.6. The Kier molecular flexibility index (Phi) is 5.21. The van der Waals surface area contributed by atoms with Crippen molar-refractivity contribution in [2.45, 2.75) is 13.0 Å². The molecule has 0 aliphatic carbocycles. The van der Waals surface area contributed by atoms with E-state index in [2.05, 4.69) is 5.32 Å². The van der Waals surface area contributed by atoms with Crippen LogP contribution in [0, 0.1) is 0 Å². The van der Waals surface area contributed by atoms with E-state index in [1.807, 2.05) is 37.3 Å². The molecule has 1 N–H and O–H groups in total. The number of benzene rings is 2. The number of methoxy groups -OCH3 is 2. The van der Waals surface area contributed by atoms with Gasteiger partial charge in [0, 0.05) is 23.9 Å². The monoisotopic (exact) mass is 325 g/mol. The summed E-state index contributed by atoms with van der Waals surface area (Å²) in [5.41, 5.74) is 1.82. The Balaban J connectivity index is 2.26. The lowest BCUT2D eigenvalue weighted by Crippen LogP contribution is -2.07. The van der Waals surface area contributed by atoms with Crippen molar-refractivity contribution in [2.24, 2.45) is 0 Å². The molecule has 3 nitrogen and oxygen atoms in total. The number of anilines is 1. The second kappa shape index (κ2) is 6.92. The molecular formula is C16H17Cl2NO2. The number of nitrogens with one attached hydrogen (secondary N) is 1. The average Bonchev–Trinajstić information content (AvgIpc) is 2.49. The molecule has 0 bridgehead atoms. The maximum Gasteiger partial charge on any atom is 0.124 e. The molecule has 0 saturated carbocycles. The van der Waals surface area contributed by atoms with Crippen LogP contribution in [-0.4, -0.2) is 14.2 Å². The van der Waals surface area contributed by atoms with E-state index in [9.17, 15) is 0 Å². The predicted molar refractivity (Wildman–Crippen MR) is 88.0 cm³/mol. The van der Waals surface area contributed by atoms with Gasteiger partial charge < -0.3 is 14.8 Å². The molecule has 1 unspecified atom stereocenters. The summed E-state index contributed by atoms with van der Waals surface area (Å²) in [6.07, 6.45) is 0. The van der Waals surface area contributed by atoms with Crippen molar-refractivity contribution in [2.75, 3.05) is 19.5 Å². The van der Waals surface area contributed by atoms with Crippen molar-refractivity contribution in [3.05, 3.63) is 52.0 Å². The molecule has 0 aliphatic rings. The van der Waals surface area contributed by atoms with Crippen molar-refractivity contribution in [1.29, 1.82) is 0 Å². The lowest BCUT2D eigenvalue weighted by molar-refractivity contribution is 0.394. The van der Waals surface area contributed by atoms with Crippen LogP contribution in [0.15, 0.2) is 36.4 Å². The van der Waals surface area contributed by atoms with Crippen molar-refractivity contribution < 1.29 is 9.47 Å². The summed E-state index contributed by atoms with van der Waals surface area (Å²) >= 11 is 12.3. The van der Waals surface area contributed by atoms with E-state index in [1.54, 1.807) is 20.3 Å².